The molecule has 0 aromatic heterocycles. The van der Waals surface area contributed by atoms with Gasteiger partial charge in [-0.1, -0.05) is 0 Å². The van der Waals surface area contributed by atoms with E-state index in [1.807, 2.05) is 0 Å². The summed E-state index contributed by atoms with van der Waals surface area (Å²) in [6.45, 7) is 9.46. The van der Waals surface area contributed by atoms with Crippen LogP contribution in [0.2, 0.25) is 4.82 Å². The van der Waals surface area contributed by atoms with Gasteiger partial charge in [0.2, 0.25) is 0 Å². The van der Waals surface area contributed by atoms with Crippen LogP contribution < -0.4 is 9.78 Å². The molecule has 5 atom stereocenters. The van der Waals surface area contributed by atoms with Crippen LogP contribution in [0.1, 0.15) is 47.0 Å². The summed E-state index contributed by atoms with van der Waals surface area (Å²) in [7, 11) is 0. The van der Waals surface area contributed by atoms with Crippen LogP contribution in [0.5, 0.6) is 0 Å². The van der Waals surface area contributed by atoms with E-state index in [4.69, 9.17) is 4.74 Å². The summed E-state index contributed by atoms with van der Waals surface area (Å²) in [4.78, 5) is 0.548. The molecule has 1 aromatic rings. The molecule has 0 unspecified atom stereocenters. The van der Waals surface area contributed by atoms with E-state index >= 15 is 0 Å². The zero-order valence-corrected chi connectivity index (χ0v) is 15.9. The van der Waals surface area contributed by atoms with Crippen molar-refractivity contribution in [3.8, 4) is 0 Å². The Kier molecular flexibility index (Phi) is 4.99. The number of rotatable bonds is 3. The maximum atomic E-state index is 6.53. The Labute approximate surface area is 141 Å². The van der Waals surface area contributed by atoms with Gasteiger partial charge in [-0.05, 0) is 0 Å². The van der Waals surface area contributed by atoms with Crippen LogP contribution in [0.25, 0.3) is 0 Å². The Morgan fingerprint density at radius 3 is 2.68 bits per heavy atom. The van der Waals surface area contributed by atoms with Gasteiger partial charge in [0.15, 0.2) is 0 Å². The fourth-order valence-corrected chi connectivity index (χ4v) is 6.10. The Morgan fingerprint density at radius 2 is 1.95 bits per heavy atom. The van der Waals surface area contributed by atoms with Crippen molar-refractivity contribution in [2.45, 2.75) is 69.6 Å². The Balaban J connectivity index is 1.69. The standard InChI is InChI=1S/C19H29NOSe/c1-13-10-11-16-17(12-13)21-18(20-19(16,3)4)14(2)22-15-8-6-5-7-9-15/h5-9,13-14,16-18,20H,10-12H2,1-4H3/t13-,14-,16-,17-,18+/m1/s1. The first kappa shape index (κ1) is 16.5. The van der Waals surface area contributed by atoms with Crippen LogP contribution in [0.15, 0.2) is 30.3 Å². The molecular formula is C19H29NOSe. The van der Waals surface area contributed by atoms with Crippen molar-refractivity contribution in [3.63, 3.8) is 0 Å². The van der Waals surface area contributed by atoms with E-state index in [0.29, 0.717) is 31.8 Å². The third kappa shape index (κ3) is 3.59. The average Bonchev–Trinajstić information content (AvgIpc) is 2.46. The molecule has 2 fully saturated rings. The van der Waals surface area contributed by atoms with E-state index < -0.39 is 0 Å². The predicted octanol–water partition coefficient (Wildman–Crippen LogP) is 3.35. The van der Waals surface area contributed by atoms with Crippen LogP contribution in [0, 0.1) is 11.8 Å². The van der Waals surface area contributed by atoms with Crippen LogP contribution >= 0.6 is 0 Å². The quantitative estimate of drug-likeness (QED) is 0.829. The Morgan fingerprint density at radius 1 is 1.23 bits per heavy atom. The third-order valence-electron chi connectivity index (χ3n) is 5.31. The number of ether oxygens (including phenoxy) is 1. The topological polar surface area (TPSA) is 21.3 Å². The van der Waals surface area contributed by atoms with Crippen molar-refractivity contribution in [1.29, 1.82) is 0 Å². The van der Waals surface area contributed by atoms with Gasteiger partial charge in [0, 0.05) is 0 Å². The number of hydrogen-bond donors (Lipinski definition) is 1. The number of nitrogens with one attached hydrogen (secondary N) is 1. The maximum absolute atomic E-state index is 6.53. The summed E-state index contributed by atoms with van der Waals surface area (Å²) in [5.41, 5.74) is 0.189. The summed E-state index contributed by atoms with van der Waals surface area (Å²) in [6.07, 6.45) is 4.53. The van der Waals surface area contributed by atoms with Crippen LogP contribution in [-0.4, -0.2) is 32.8 Å². The molecule has 0 spiro atoms. The van der Waals surface area contributed by atoms with Crippen molar-refractivity contribution in [2.75, 3.05) is 0 Å². The summed E-state index contributed by atoms with van der Waals surface area (Å²) < 4.78 is 8.00. The third-order valence-corrected chi connectivity index (χ3v) is 7.75. The molecule has 1 saturated carbocycles. The van der Waals surface area contributed by atoms with E-state index in [-0.39, 0.29) is 11.8 Å². The minimum atomic E-state index is 0.189. The normalized spacial score (nSPS) is 35.6. The van der Waals surface area contributed by atoms with Gasteiger partial charge in [-0.25, -0.2) is 0 Å². The molecule has 1 saturated heterocycles. The molecule has 122 valence electrons. The molecule has 0 bridgehead atoms. The molecule has 3 heteroatoms. The van der Waals surface area contributed by atoms with Crippen molar-refractivity contribution < 1.29 is 4.74 Å². The molecule has 2 nitrogen and oxygen atoms in total. The first-order chi connectivity index (χ1) is 10.5. The monoisotopic (exact) mass is 367 g/mol. The summed E-state index contributed by atoms with van der Waals surface area (Å²) in [5, 5.41) is 3.82. The van der Waals surface area contributed by atoms with Gasteiger partial charge in [0.1, 0.15) is 0 Å². The van der Waals surface area contributed by atoms with Gasteiger partial charge in [0.05, 0.1) is 0 Å². The van der Waals surface area contributed by atoms with E-state index in [2.05, 4.69) is 63.3 Å². The van der Waals surface area contributed by atoms with Gasteiger partial charge in [-0.3, -0.25) is 0 Å². The fraction of sp³-hybridized carbons (Fsp3) is 0.684. The van der Waals surface area contributed by atoms with Crippen molar-refractivity contribution in [2.24, 2.45) is 11.8 Å². The second-order valence-corrected chi connectivity index (χ2v) is 10.7. The molecule has 2 aliphatic rings. The zero-order valence-electron chi connectivity index (χ0n) is 14.2. The van der Waals surface area contributed by atoms with E-state index in [0.717, 1.165) is 5.92 Å². The molecule has 1 N–H and O–H groups in total. The molecule has 22 heavy (non-hydrogen) atoms. The predicted molar refractivity (Wildman–Crippen MR) is 93.6 cm³/mol. The molecule has 0 radical (unpaired) electrons. The first-order valence-corrected chi connectivity index (χ1v) is 10.4. The molecule has 3 rings (SSSR count). The summed E-state index contributed by atoms with van der Waals surface area (Å²) >= 11 is 0.447. The number of benzene rings is 1. The molecule has 1 aromatic carbocycles. The van der Waals surface area contributed by atoms with Crippen LogP contribution in [-0.2, 0) is 4.74 Å². The molecule has 0 amide bonds. The fourth-order valence-electron chi connectivity index (χ4n) is 4.00. The summed E-state index contributed by atoms with van der Waals surface area (Å²) in [5.74, 6) is 1.47. The first-order valence-electron chi connectivity index (χ1n) is 8.60. The number of fused-ring (bicyclic) bond motifs is 1. The summed E-state index contributed by atoms with van der Waals surface area (Å²) in [6, 6.07) is 10.9. The molecular weight excluding hydrogens is 337 g/mol. The van der Waals surface area contributed by atoms with Crippen LogP contribution in [0.4, 0.5) is 0 Å². The Bertz CT molecular complexity index is 489. The minimum absolute atomic E-state index is 0.189. The average molecular weight is 366 g/mol. The van der Waals surface area contributed by atoms with Gasteiger partial charge in [0.25, 0.3) is 0 Å². The van der Waals surface area contributed by atoms with Crippen molar-refractivity contribution in [3.05, 3.63) is 30.3 Å². The van der Waals surface area contributed by atoms with Gasteiger partial charge in [-0.15, -0.1) is 0 Å². The van der Waals surface area contributed by atoms with E-state index in [1.54, 1.807) is 0 Å². The van der Waals surface area contributed by atoms with Gasteiger partial charge >= 0.3 is 141 Å². The molecule has 1 aliphatic heterocycles. The second kappa shape index (κ2) is 6.65. The number of hydrogen-bond acceptors (Lipinski definition) is 2. The Hall–Kier alpha value is -0.341. The van der Waals surface area contributed by atoms with Gasteiger partial charge < -0.3 is 0 Å². The van der Waals surface area contributed by atoms with E-state index in [9.17, 15) is 0 Å². The zero-order chi connectivity index (χ0) is 15.7. The van der Waals surface area contributed by atoms with Gasteiger partial charge in [-0.2, -0.15) is 0 Å². The van der Waals surface area contributed by atoms with Crippen molar-refractivity contribution in [1.82, 2.24) is 5.32 Å². The molecule has 1 heterocycles. The van der Waals surface area contributed by atoms with Crippen molar-refractivity contribution >= 4 is 19.4 Å². The SMILES string of the molecule is C[C@@H]1CC[C@@H]2[C@@H](C1)O[C@@H]([C@@H](C)[Se]c1ccccc1)NC2(C)C. The van der Waals surface area contributed by atoms with Crippen LogP contribution in [0.3, 0.4) is 0 Å². The molecule has 1 aliphatic carbocycles. The second-order valence-electron chi connectivity index (χ2n) is 7.62. The van der Waals surface area contributed by atoms with E-state index in [1.165, 1.54) is 23.7 Å².